The lowest BCUT2D eigenvalue weighted by atomic mass is 10.1. The molecule has 0 bridgehead atoms. The summed E-state index contributed by atoms with van der Waals surface area (Å²) in [6.07, 6.45) is 2.53. The topological polar surface area (TPSA) is 86.7 Å². The molecule has 1 saturated carbocycles. The molecule has 18 heavy (non-hydrogen) atoms. The molecule has 0 radical (unpaired) electrons. The van der Waals surface area contributed by atoms with E-state index in [0.29, 0.717) is 12.5 Å². The van der Waals surface area contributed by atoms with Gasteiger partial charge in [-0.3, -0.25) is 14.4 Å². The summed E-state index contributed by atoms with van der Waals surface area (Å²) >= 11 is 0. The van der Waals surface area contributed by atoms with Gasteiger partial charge in [0.05, 0.1) is 5.92 Å². The highest BCUT2D eigenvalue weighted by Crippen LogP contribution is 2.31. The van der Waals surface area contributed by atoms with Gasteiger partial charge >= 0.3 is 5.97 Å². The van der Waals surface area contributed by atoms with Gasteiger partial charge in [-0.15, -0.1) is 0 Å². The molecule has 0 aromatic carbocycles. The summed E-state index contributed by atoms with van der Waals surface area (Å²) < 4.78 is 0. The van der Waals surface area contributed by atoms with Crippen molar-refractivity contribution in [2.45, 2.75) is 32.2 Å². The van der Waals surface area contributed by atoms with Crippen LogP contribution < -0.4 is 5.32 Å². The van der Waals surface area contributed by atoms with E-state index in [9.17, 15) is 14.4 Å². The van der Waals surface area contributed by atoms with Crippen LogP contribution in [0, 0.1) is 11.8 Å². The number of likely N-dealkylation sites (tertiary alicyclic amines) is 1. The van der Waals surface area contributed by atoms with Crippen molar-refractivity contribution in [2.75, 3.05) is 13.1 Å². The predicted octanol–water partition coefficient (Wildman–Crippen LogP) is -0.166. The molecule has 0 spiro atoms. The van der Waals surface area contributed by atoms with Gasteiger partial charge in [-0.1, -0.05) is 0 Å². The highest BCUT2D eigenvalue weighted by atomic mass is 16.4. The molecule has 1 heterocycles. The van der Waals surface area contributed by atoms with Gasteiger partial charge < -0.3 is 15.3 Å². The lowest BCUT2D eigenvalue weighted by Crippen LogP contribution is -2.42. The first-order valence-electron chi connectivity index (χ1n) is 6.28. The van der Waals surface area contributed by atoms with Crippen LogP contribution in [0.1, 0.15) is 26.2 Å². The van der Waals surface area contributed by atoms with Gasteiger partial charge in [0.1, 0.15) is 6.04 Å². The van der Waals surface area contributed by atoms with Crippen LogP contribution in [-0.2, 0) is 14.4 Å². The molecule has 6 nitrogen and oxygen atoms in total. The number of amides is 2. The molecule has 2 N–H and O–H groups in total. The van der Waals surface area contributed by atoms with Crippen molar-refractivity contribution in [1.82, 2.24) is 10.2 Å². The molecule has 2 amide bonds. The standard InChI is InChI=1S/C12H18N2O4/c1-7(12(17)18)13-11(16)9-4-10(15)14(6-9)5-8-2-3-8/h7-9H,2-6H2,1H3,(H,13,16)(H,17,18). The van der Waals surface area contributed by atoms with Crippen molar-refractivity contribution in [3.8, 4) is 0 Å². The van der Waals surface area contributed by atoms with Crippen molar-refractivity contribution in [1.29, 1.82) is 0 Å². The van der Waals surface area contributed by atoms with E-state index >= 15 is 0 Å². The summed E-state index contributed by atoms with van der Waals surface area (Å²) in [4.78, 5) is 35.9. The van der Waals surface area contributed by atoms with Crippen molar-refractivity contribution in [3.05, 3.63) is 0 Å². The van der Waals surface area contributed by atoms with Crippen molar-refractivity contribution < 1.29 is 19.5 Å². The number of rotatable bonds is 5. The normalized spacial score (nSPS) is 25.1. The van der Waals surface area contributed by atoms with E-state index in [1.165, 1.54) is 6.92 Å². The van der Waals surface area contributed by atoms with Crippen LogP contribution in [0.3, 0.4) is 0 Å². The smallest absolute Gasteiger partial charge is 0.325 e. The van der Waals surface area contributed by atoms with Crippen LogP contribution in [0.15, 0.2) is 0 Å². The molecule has 100 valence electrons. The van der Waals surface area contributed by atoms with Crippen LogP contribution in [-0.4, -0.2) is 46.9 Å². The lowest BCUT2D eigenvalue weighted by Gasteiger charge is -2.16. The number of carboxylic acids is 1. The average Bonchev–Trinajstić information content (AvgIpc) is 3.03. The van der Waals surface area contributed by atoms with Gasteiger partial charge in [-0.05, 0) is 25.7 Å². The summed E-state index contributed by atoms with van der Waals surface area (Å²) in [5, 5.41) is 11.1. The Bertz CT molecular complexity index is 378. The SMILES string of the molecule is CC(NC(=O)C1CC(=O)N(CC2CC2)C1)C(=O)O. The first kappa shape index (κ1) is 12.9. The van der Waals surface area contributed by atoms with Crippen LogP contribution >= 0.6 is 0 Å². The maximum atomic E-state index is 11.8. The Labute approximate surface area is 105 Å². The van der Waals surface area contributed by atoms with Gasteiger partial charge in [0.15, 0.2) is 0 Å². The van der Waals surface area contributed by atoms with Crippen LogP contribution in [0.25, 0.3) is 0 Å². The van der Waals surface area contributed by atoms with Crippen LogP contribution in [0.2, 0.25) is 0 Å². The Balaban J connectivity index is 1.84. The molecule has 0 aromatic rings. The fourth-order valence-electron chi connectivity index (χ4n) is 2.13. The third-order valence-electron chi connectivity index (χ3n) is 3.49. The number of carboxylic acid groups (broad SMARTS) is 1. The highest BCUT2D eigenvalue weighted by molar-refractivity contribution is 5.91. The molecular weight excluding hydrogens is 236 g/mol. The van der Waals surface area contributed by atoms with Gasteiger partial charge in [0.25, 0.3) is 0 Å². The van der Waals surface area contributed by atoms with E-state index in [1.54, 1.807) is 4.90 Å². The molecule has 2 atom stereocenters. The minimum atomic E-state index is -1.07. The largest absolute Gasteiger partial charge is 0.480 e. The summed E-state index contributed by atoms with van der Waals surface area (Å²) in [5.41, 5.74) is 0. The second-order valence-electron chi connectivity index (χ2n) is 5.21. The third-order valence-corrected chi connectivity index (χ3v) is 3.49. The highest BCUT2D eigenvalue weighted by Gasteiger charge is 2.37. The molecule has 2 aliphatic rings. The van der Waals surface area contributed by atoms with Crippen molar-refractivity contribution >= 4 is 17.8 Å². The first-order chi connectivity index (χ1) is 8.47. The minimum absolute atomic E-state index is 0.00466. The summed E-state index contributed by atoms with van der Waals surface area (Å²) in [7, 11) is 0. The lowest BCUT2D eigenvalue weighted by molar-refractivity contribution is -0.141. The minimum Gasteiger partial charge on any atom is -0.480 e. The van der Waals surface area contributed by atoms with Crippen LogP contribution in [0.5, 0.6) is 0 Å². The molecule has 2 rings (SSSR count). The number of carbonyl (C=O) groups is 3. The second kappa shape index (κ2) is 4.96. The summed E-state index contributed by atoms with van der Waals surface area (Å²) in [6.45, 7) is 2.59. The molecule has 0 aromatic heterocycles. The van der Waals surface area contributed by atoms with Crippen LogP contribution in [0.4, 0.5) is 0 Å². The van der Waals surface area contributed by atoms with E-state index in [1.807, 2.05) is 0 Å². The Hall–Kier alpha value is -1.59. The summed E-state index contributed by atoms with van der Waals surface area (Å²) in [5.74, 6) is -1.20. The van der Waals surface area contributed by atoms with E-state index in [4.69, 9.17) is 5.11 Å². The number of hydrogen-bond acceptors (Lipinski definition) is 3. The second-order valence-corrected chi connectivity index (χ2v) is 5.21. The Kier molecular flexibility index (Phi) is 3.54. The predicted molar refractivity (Wildman–Crippen MR) is 62.7 cm³/mol. The first-order valence-corrected chi connectivity index (χ1v) is 6.28. The molecule has 2 unspecified atom stereocenters. The van der Waals surface area contributed by atoms with Gasteiger partial charge in [-0.2, -0.15) is 0 Å². The fraction of sp³-hybridized carbons (Fsp3) is 0.750. The Morgan fingerprint density at radius 1 is 1.50 bits per heavy atom. The maximum absolute atomic E-state index is 11.8. The van der Waals surface area contributed by atoms with E-state index < -0.39 is 17.9 Å². The zero-order valence-electron chi connectivity index (χ0n) is 10.4. The number of nitrogens with zero attached hydrogens (tertiary/aromatic N) is 1. The Morgan fingerprint density at radius 3 is 2.72 bits per heavy atom. The molecule has 1 saturated heterocycles. The average molecular weight is 254 g/mol. The fourth-order valence-corrected chi connectivity index (χ4v) is 2.13. The molecular formula is C12H18N2O4. The van der Waals surface area contributed by atoms with E-state index in [0.717, 1.165) is 19.4 Å². The number of carbonyl (C=O) groups excluding carboxylic acids is 2. The maximum Gasteiger partial charge on any atom is 0.325 e. The van der Waals surface area contributed by atoms with Gasteiger partial charge in [0.2, 0.25) is 11.8 Å². The Morgan fingerprint density at radius 2 is 2.17 bits per heavy atom. The third kappa shape index (κ3) is 3.00. The van der Waals surface area contributed by atoms with E-state index in [-0.39, 0.29) is 18.2 Å². The number of aliphatic carboxylic acids is 1. The van der Waals surface area contributed by atoms with Crippen molar-refractivity contribution in [3.63, 3.8) is 0 Å². The van der Waals surface area contributed by atoms with Gasteiger partial charge in [0, 0.05) is 19.5 Å². The molecule has 1 aliphatic carbocycles. The zero-order chi connectivity index (χ0) is 13.3. The summed E-state index contributed by atoms with van der Waals surface area (Å²) in [6, 6.07) is -0.912. The number of nitrogens with one attached hydrogen (secondary N) is 1. The zero-order valence-corrected chi connectivity index (χ0v) is 10.4. The van der Waals surface area contributed by atoms with E-state index in [2.05, 4.69) is 5.32 Å². The molecule has 1 aliphatic heterocycles. The number of hydrogen-bond donors (Lipinski definition) is 2. The van der Waals surface area contributed by atoms with Crippen molar-refractivity contribution in [2.24, 2.45) is 11.8 Å². The molecule has 6 heteroatoms. The monoisotopic (exact) mass is 254 g/mol. The van der Waals surface area contributed by atoms with Gasteiger partial charge in [-0.25, -0.2) is 0 Å². The molecule has 2 fully saturated rings. The quantitative estimate of drug-likeness (QED) is 0.713.